The van der Waals surface area contributed by atoms with Crippen LogP contribution in [0.4, 0.5) is 0 Å². The molecule has 0 amide bonds. The molecule has 0 aromatic heterocycles. The van der Waals surface area contributed by atoms with E-state index >= 15 is 0 Å². The number of benzene rings is 1. The van der Waals surface area contributed by atoms with Crippen LogP contribution in [0.2, 0.25) is 0 Å². The lowest BCUT2D eigenvalue weighted by Crippen LogP contribution is -2.08. The molecule has 1 aliphatic carbocycles. The predicted molar refractivity (Wildman–Crippen MR) is 62.5 cm³/mol. The highest BCUT2D eigenvalue weighted by atomic mass is 79.9. The van der Waals surface area contributed by atoms with E-state index in [1.807, 2.05) is 24.3 Å². The molecule has 1 saturated carbocycles. The van der Waals surface area contributed by atoms with E-state index in [1.165, 1.54) is 25.5 Å². The van der Waals surface area contributed by atoms with Crippen molar-refractivity contribution in [3.63, 3.8) is 0 Å². The SMILES string of the molecule is COC(=O)c1ccc(C2(CBr)CC2)cc1. The number of alkyl halides is 1. The molecule has 0 unspecified atom stereocenters. The van der Waals surface area contributed by atoms with Crippen LogP contribution < -0.4 is 0 Å². The lowest BCUT2D eigenvalue weighted by molar-refractivity contribution is 0.0600. The van der Waals surface area contributed by atoms with Crippen LogP contribution >= 0.6 is 15.9 Å². The van der Waals surface area contributed by atoms with Crippen LogP contribution in [-0.2, 0) is 10.2 Å². The van der Waals surface area contributed by atoms with E-state index in [4.69, 9.17) is 0 Å². The van der Waals surface area contributed by atoms with E-state index in [-0.39, 0.29) is 5.97 Å². The fourth-order valence-electron chi connectivity index (χ4n) is 1.73. The Morgan fingerprint density at radius 3 is 2.40 bits per heavy atom. The fourth-order valence-corrected chi connectivity index (χ4v) is 2.61. The molecule has 80 valence electrons. The average molecular weight is 269 g/mol. The molecule has 0 aliphatic heterocycles. The molecule has 0 heterocycles. The predicted octanol–water partition coefficient (Wildman–Crippen LogP) is 2.90. The average Bonchev–Trinajstić information content (AvgIpc) is 3.09. The van der Waals surface area contributed by atoms with E-state index in [2.05, 4.69) is 20.7 Å². The minimum absolute atomic E-state index is 0.273. The third-order valence-electron chi connectivity index (χ3n) is 3.03. The molecule has 2 rings (SSSR count). The monoisotopic (exact) mass is 268 g/mol. The normalized spacial score (nSPS) is 17.2. The van der Waals surface area contributed by atoms with Crippen molar-refractivity contribution in [3.8, 4) is 0 Å². The maximum atomic E-state index is 11.2. The van der Waals surface area contributed by atoms with Crippen molar-refractivity contribution in [1.29, 1.82) is 0 Å². The van der Waals surface area contributed by atoms with E-state index < -0.39 is 0 Å². The first-order valence-corrected chi connectivity index (χ1v) is 6.09. The summed E-state index contributed by atoms with van der Waals surface area (Å²) in [4.78, 5) is 11.2. The first-order valence-electron chi connectivity index (χ1n) is 4.97. The van der Waals surface area contributed by atoms with Gasteiger partial charge in [0.25, 0.3) is 0 Å². The van der Waals surface area contributed by atoms with Crippen LogP contribution in [0.5, 0.6) is 0 Å². The second-order valence-electron chi connectivity index (χ2n) is 3.98. The first-order chi connectivity index (χ1) is 7.22. The summed E-state index contributed by atoms with van der Waals surface area (Å²) < 4.78 is 4.66. The molecule has 0 atom stereocenters. The fraction of sp³-hybridized carbons (Fsp3) is 0.417. The van der Waals surface area contributed by atoms with Crippen LogP contribution in [-0.4, -0.2) is 18.4 Å². The maximum absolute atomic E-state index is 11.2. The molecule has 15 heavy (non-hydrogen) atoms. The maximum Gasteiger partial charge on any atom is 0.337 e. The van der Waals surface area contributed by atoms with Crippen molar-refractivity contribution in [2.24, 2.45) is 0 Å². The molecular weight excluding hydrogens is 256 g/mol. The standard InChI is InChI=1S/C12H13BrO2/c1-15-11(14)9-2-4-10(5-3-9)12(8-13)6-7-12/h2-5H,6-8H2,1H3. The second-order valence-corrected chi connectivity index (χ2v) is 4.54. The van der Waals surface area contributed by atoms with Gasteiger partial charge in [0.2, 0.25) is 0 Å². The van der Waals surface area contributed by atoms with Gasteiger partial charge in [-0.2, -0.15) is 0 Å². The molecule has 1 fully saturated rings. The summed E-state index contributed by atoms with van der Waals surface area (Å²) in [7, 11) is 1.40. The molecule has 1 aromatic carbocycles. The molecule has 1 aliphatic rings. The van der Waals surface area contributed by atoms with Gasteiger partial charge >= 0.3 is 5.97 Å². The van der Waals surface area contributed by atoms with Gasteiger partial charge in [-0.1, -0.05) is 28.1 Å². The van der Waals surface area contributed by atoms with Crippen molar-refractivity contribution in [2.45, 2.75) is 18.3 Å². The van der Waals surface area contributed by atoms with Gasteiger partial charge < -0.3 is 4.74 Å². The number of rotatable bonds is 3. The lowest BCUT2D eigenvalue weighted by atomic mass is 9.97. The molecule has 0 saturated heterocycles. The summed E-state index contributed by atoms with van der Waals surface area (Å²) >= 11 is 3.54. The Morgan fingerprint density at radius 2 is 2.00 bits per heavy atom. The van der Waals surface area contributed by atoms with Crippen molar-refractivity contribution >= 4 is 21.9 Å². The largest absolute Gasteiger partial charge is 0.465 e. The van der Waals surface area contributed by atoms with Gasteiger partial charge in [-0.25, -0.2) is 4.79 Å². The number of methoxy groups -OCH3 is 1. The van der Waals surface area contributed by atoms with Crippen molar-refractivity contribution < 1.29 is 9.53 Å². The number of esters is 1. The van der Waals surface area contributed by atoms with Gasteiger partial charge in [0.05, 0.1) is 12.7 Å². The number of carbonyl (C=O) groups is 1. The zero-order valence-electron chi connectivity index (χ0n) is 8.63. The van der Waals surface area contributed by atoms with E-state index in [0.717, 1.165) is 5.33 Å². The van der Waals surface area contributed by atoms with Crippen LogP contribution in [0.3, 0.4) is 0 Å². The van der Waals surface area contributed by atoms with Gasteiger partial charge in [0, 0.05) is 10.7 Å². The first kappa shape index (κ1) is 10.7. The topological polar surface area (TPSA) is 26.3 Å². The Bertz CT molecular complexity index is 366. The minimum Gasteiger partial charge on any atom is -0.465 e. The Labute approximate surface area is 97.8 Å². The van der Waals surface area contributed by atoms with Crippen molar-refractivity contribution in [2.75, 3.05) is 12.4 Å². The molecule has 0 spiro atoms. The number of halogens is 1. The zero-order chi connectivity index (χ0) is 10.9. The Balaban J connectivity index is 2.21. The van der Waals surface area contributed by atoms with Crippen molar-refractivity contribution in [3.05, 3.63) is 35.4 Å². The summed E-state index contributed by atoms with van der Waals surface area (Å²) in [5.41, 5.74) is 2.26. The molecule has 2 nitrogen and oxygen atoms in total. The minimum atomic E-state index is -0.273. The summed E-state index contributed by atoms with van der Waals surface area (Å²) in [5, 5.41) is 0.998. The Morgan fingerprint density at radius 1 is 1.40 bits per heavy atom. The quantitative estimate of drug-likeness (QED) is 0.623. The number of hydrogen-bond acceptors (Lipinski definition) is 2. The Kier molecular flexibility index (Phi) is 2.83. The summed E-state index contributed by atoms with van der Waals surface area (Å²) in [6, 6.07) is 7.73. The molecule has 0 N–H and O–H groups in total. The second kappa shape index (κ2) is 3.97. The van der Waals surface area contributed by atoms with Gasteiger partial charge in [0.1, 0.15) is 0 Å². The van der Waals surface area contributed by atoms with Crippen LogP contribution in [0.1, 0.15) is 28.8 Å². The molecule has 0 bridgehead atoms. The van der Waals surface area contributed by atoms with E-state index in [9.17, 15) is 4.79 Å². The van der Waals surface area contributed by atoms with Crippen LogP contribution in [0, 0.1) is 0 Å². The van der Waals surface area contributed by atoms with Gasteiger partial charge in [-0.3, -0.25) is 0 Å². The third kappa shape index (κ3) is 1.93. The smallest absolute Gasteiger partial charge is 0.337 e. The highest BCUT2D eigenvalue weighted by molar-refractivity contribution is 9.09. The summed E-state index contributed by atoms with van der Waals surface area (Å²) in [5.74, 6) is -0.273. The van der Waals surface area contributed by atoms with Crippen molar-refractivity contribution in [1.82, 2.24) is 0 Å². The van der Waals surface area contributed by atoms with E-state index in [1.54, 1.807) is 0 Å². The summed E-state index contributed by atoms with van der Waals surface area (Å²) in [6.07, 6.45) is 2.46. The number of ether oxygens (including phenoxy) is 1. The lowest BCUT2D eigenvalue weighted by Gasteiger charge is -2.11. The zero-order valence-corrected chi connectivity index (χ0v) is 10.2. The van der Waals surface area contributed by atoms with Gasteiger partial charge in [0.15, 0.2) is 0 Å². The number of hydrogen-bond donors (Lipinski definition) is 0. The third-order valence-corrected chi connectivity index (χ3v) is 4.10. The molecular formula is C12H13BrO2. The highest BCUT2D eigenvalue weighted by Gasteiger charge is 2.42. The number of carbonyl (C=O) groups excluding carboxylic acids is 1. The summed E-state index contributed by atoms with van der Waals surface area (Å²) in [6.45, 7) is 0. The van der Waals surface area contributed by atoms with Gasteiger partial charge in [-0.05, 0) is 30.5 Å². The van der Waals surface area contributed by atoms with E-state index in [0.29, 0.717) is 11.0 Å². The molecule has 0 radical (unpaired) electrons. The Hall–Kier alpha value is -0.830. The van der Waals surface area contributed by atoms with Crippen LogP contribution in [0.25, 0.3) is 0 Å². The molecule has 1 aromatic rings. The highest BCUT2D eigenvalue weighted by Crippen LogP contribution is 2.49. The van der Waals surface area contributed by atoms with Crippen LogP contribution in [0.15, 0.2) is 24.3 Å². The van der Waals surface area contributed by atoms with Gasteiger partial charge in [-0.15, -0.1) is 0 Å². The molecule has 3 heteroatoms.